The molecule has 5 rings (SSSR count). The Kier molecular flexibility index (Phi) is 5.07. The highest BCUT2D eigenvalue weighted by atomic mass is 15.3. The molecule has 1 aromatic heterocycles. The number of aromatic nitrogens is 1. The van der Waals surface area contributed by atoms with Crippen LogP contribution in [0.1, 0.15) is 25.7 Å². The Morgan fingerprint density at radius 3 is 1.45 bits per heavy atom. The van der Waals surface area contributed by atoms with Gasteiger partial charge in [-0.3, -0.25) is 8.97 Å². The van der Waals surface area contributed by atoms with Crippen molar-refractivity contribution in [2.24, 2.45) is 11.8 Å². The lowest BCUT2D eigenvalue weighted by Crippen LogP contribution is -2.50. The Morgan fingerprint density at radius 2 is 1.10 bits per heavy atom. The van der Waals surface area contributed by atoms with Crippen LogP contribution in [0, 0.1) is 11.8 Å². The molecule has 0 amide bonds. The number of allylic oxidation sites excluding steroid dienone is 2. The van der Waals surface area contributed by atoms with Crippen LogP contribution in [0.2, 0.25) is 0 Å². The van der Waals surface area contributed by atoms with Gasteiger partial charge in [-0.25, -0.2) is 0 Å². The second-order valence-corrected chi connectivity index (χ2v) is 10.4. The molecule has 0 unspecified atom stereocenters. The first kappa shape index (κ1) is 20.5. The fraction of sp³-hybridized carbons (Fsp3) is 0.429. The minimum Gasteiger partial charge on any atom is -0.354 e. The van der Waals surface area contributed by atoms with Crippen molar-refractivity contribution in [3.8, 4) is 0 Å². The Balaban J connectivity index is 1.52. The van der Waals surface area contributed by atoms with E-state index in [0.717, 1.165) is 8.97 Å². The number of quaternary nitrogens is 2. The molecule has 2 aliphatic rings. The molecule has 2 saturated heterocycles. The number of aromatic amines is 1. The quantitative estimate of drug-likeness (QED) is 0.375. The van der Waals surface area contributed by atoms with Gasteiger partial charge in [-0.05, 0) is 24.0 Å². The van der Waals surface area contributed by atoms with Crippen molar-refractivity contribution in [3.63, 3.8) is 0 Å². The molecule has 2 aromatic carbocycles. The van der Waals surface area contributed by atoms with Gasteiger partial charge in [0.15, 0.2) is 0 Å². The average molecular weight is 416 g/mol. The maximum absolute atomic E-state index is 4.02. The van der Waals surface area contributed by atoms with Gasteiger partial charge in [-0.1, -0.05) is 12.2 Å². The van der Waals surface area contributed by atoms with E-state index in [1.807, 2.05) is 0 Å². The minimum absolute atomic E-state index is 0.681. The molecular weight excluding hydrogens is 378 g/mol. The molecule has 0 spiro atoms. The van der Waals surface area contributed by atoms with E-state index in [2.05, 4.69) is 80.8 Å². The van der Waals surface area contributed by atoms with E-state index >= 15 is 0 Å². The molecule has 2 fully saturated rings. The van der Waals surface area contributed by atoms with Gasteiger partial charge in [-0.15, -0.1) is 13.2 Å². The molecule has 1 N–H and O–H groups in total. The van der Waals surface area contributed by atoms with Crippen molar-refractivity contribution in [2.75, 3.05) is 40.3 Å². The van der Waals surface area contributed by atoms with Gasteiger partial charge in [0.05, 0.1) is 40.3 Å². The molecular formula is C28H37N3+2. The fourth-order valence-electron chi connectivity index (χ4n) is 5.85. The molecule has 0 radical (unpaired) electrons. The van der Waals surface area contributed by atoms with E-state index < -0.39 is 0 Å². The van der Waals surface area contributed by atoms with Gasteiger partial charge in [0.1, 0.15) is 11.4 Å². The third-order valence-electron chi connectivity index (χ3n) is 8.45. The molecule has 162 valence electrons. The van der Waals surface area contributed by atoms with E-state index in [4.69, 9.17) is 0 Å². The Morgan fingerprint density at radius 1 is 0.710 bits per heavy atom. The molecule has 0 bridgehead atoms. The zero-order chi connectivity index (χ0) is 21.6. The van der Waals surface area contributed by atoms with E-state index in [1.165, 1.54) is 85.0 Å². The first-order valence-corrected chi connectivity index (χ1v) is 11.9. The van der Waals surface area contributed by atoms with E-state index in [-0.39, 0.29) is 0 Å². The summed E-state index contributed by atoms with van der Waals surface area (Å²) in [5.41, 5.74) is 5.37. The van der Waals surface area contributed by atoms with Crippen molar-refractivity contribution in [1.82, 2.24) is 14.0 Å². The lowest BCUT2D eigenvalue weighted by atomic mass is 9.94. The summed E-state index contributed by atoms with van der Waals surface area (Å²) in [7, 11) is 4.80. The second-order valence-electron chi connectivity index (χ2n) is 10.4. The number of benzene rings is 2. The Bertz CT molecular complexity index is 1030. The third kappa shape index (κ3) is 3.54. The number of nitrogens with zero attached hydrogens (tertiary/aromatic N) is 2. The fourth-order valence-corrected chi connectivity index (χ4v) is 5.85. The van der Waals surface area contributed by atoms with Crippen LogP contribution in [0.5, 0.6) is 0 Å². The van der Waals surface area contributed by atoms with Crippen molar-refractivity contribution < 1.29 is 0 Å². The molecule has 0 atom stereocenters. The molecule has 3 heterocycles. The lowest BCUT2D eigenvalue weighted by molar-refractivity contribution is 0.243. The van der Waals surface area contributed by atoms with Crippen LogP contribution in [0.4, 0.5) is 11.4 Å². The summed E-state index contributed by atoms with van der Waals surface area (Å²) in [6.07, 6.45) is 9.23. The van der Waals surface area contributed by atoms with Gasteiger partial charge in [0.2, 0.25) is 0 Å². The van der Waals surface area contributed by atoms with Gasteiger partial charge >= 0.3 is 0 Å². The van der Waals surface area contributed by atoms with E-state index in [9.17, 15) is 0 Å². The van der Waals surface area contributed by atoms with Crippen LogP contribution in [0.15, 0.2) is 61.7 Å². The number of hydrogen-bond donors (Lipinski definition) is 1. The summed E-state index contributed by atoms with van der Waals surface area (Å²) in [6, 6.07) is 14.2. The SMILES string of the molecule is C=CC1CC[N+](C)(c2ccc3[nH]c4ccc([N+]5(C)CCC(C=C)CC5)cc4c3c2)CC1. The largest absolute Gasteiger partial charge is 0.354 e. The first-order chi connectivity index (χ1) is 14.9. The zero-order valence-corrected chi connectivity index (χ0v) is 19.2. The van der Waals surface area contributed by atoms with Crippen molar-refractivity contribution in [3.05, 3.63) is 61.7 Å². The number of nitrogens with one attached hydrogen (secondary N) is 1. The average Bonchev–Trinajstić information content (AvgIpc) is 3.17. The van der Waals surface area contributed by atoms with Crippen LogP contribution < -0.4 is 8.97 Å². The smallest absolute Gasteiger partial charge is 0.133 e. The highest BCUT2D eigenvalue weighted by molar-refractivity contribution is 6.09. The molecule has 31 heavy (non-hydrogen) atoms. The maximum atomic E-state index is 4.02. The van der Waals surface area contributed by atoms with Gasteiger partial charge in [-0.2, -0.15) is 0 Å². The highest BCUT2D eigenvalue weighted by Gasteiger charge is 2.33. The third-order valence-corrected chi connectivity index (χ3v) is 8.45. The predicted octanol–water partition coefficient (Wildman–Crippen LogP) is 6.39. The summed E-state index contributed by atoms with van der Waals surface area (Å²) in [6.45, 7) is 12.8. The molecule has 2 aliphatic heterocycles. The summed E-state index contributed by atoms with van der Waals surface area (Å²) in [5, 5.41) is 2.74. The predicted molar refractivity (Wildman–Crippen MR) is 137 cm³/mol. The summed E-state index contributed by atoms with van der Waals surface area (Å²) in [4.78, 5) is 3.66. The first-order valence-electron chi connectivity index (χ1n) is 11.9. The van der Waals surface area contributed by atoms with Gasteiger partial charge < -0.3 is 4.98 Å². The van der Waals surface area contributed by atoms with E-state index in [0.29, 0.717) is 11.8 Å². The lowest BCUT2D eigenvalue weighted by Gasteiger charge is -2.39. The number of likely N-dealkylation sites (tertiary alicyclic amines) is 2. The van der Waals surface area contributed by atoms with Crippen LogP contribution in [0.25, 0.3) is 21.8 Å². The summed E-state index contributed by atoms with van der Waals surface area (Å²) >= 11 is 0. The Labute approximate surface area is 186 Å². The number of fused-ring (bicyclic) bond motifs is 3. The van der Waals surface area contributed by atoms with Crippen LogP contribution in [-0.2, 0) is 0 Å². The topological polar surface area (TPSA) is 15.8 Å². The molecule has 0 saturated carbocycles. The maximum Gasteiger partial charge on any atom is 0.133 e. The molecule has 3 nitrogen and oxygen atoms in total. The standard InChI is InChI=1S/C28H37N3/c1-5-21-11-15-30(3,16-12-21)23-7-9-27-25(19-23)26-20-24(8-10-28(26)29-27)31(4)17-13-22(6-2)14-18-31/h5-10,19-22,29H,1-2,11-18H2,3-4H3/q+2. The summed E-state index contributed by atoms with van der Waals surface area (Å²) < 4.78 is 2.06. The van der Waals surface area contributed by atoms with Crippen LogP contribution >= 0.6 is 0 Å². The minimum atomic E-state index is 0.681. The molecule has 0 aliphatic carbocycles. The van der Waals surface area contributed by atoms with Crippen molar-refractivity contribution in [2.45, 2.75) is 25.7 Å². The monoisotopic (exact) mass is 415 g/mol. The van der Waals surface area contributed by atoms with Crippen LogP contribution in [0.3, 0.4) is 0 Å². The number of H-pyrrole nitrogens is 1. The van der Waals surface area contributed by atoms with E-state index in [1.54, 1.807) is 0 Å². The number of rotatable bonds is 4. The normalized spacial score (nSPS) is 31.7. The number of hydrogen-bond acceptors (Lipinski definition) is 0. The molecule has 3 aromatic rings. The summed E-state index contributed by atoms with van der Waals surface area (Å²) in [5.74, 6) is 1.36. The molecule has 3 heteroatoms. The van der Waals surface area contributed by atoms with Gasteiger partial charge in [0, 0.05) is 71.8 Å². The highest BCUT2D eigenvalue weighted by Crippen LogP contribution is 2.37. The van der Waals surface area contributed by atoms with Crippen LogP contribution in [-0.4, -0.2) is 45.3 Å². The zero-order valence-electron chi connectivity index (χ0n) is 19.2. The number of piperidine rings is 2. The van der Waals surface area contributed by atoms with Crippen molar-refractivity contribution in [1.29, 1.82) is 0 Å². The van der Waals surface area contributed by atoms with Crippen molar-refractivity contribution >= 4 is 33.2 Å². The Hall–Kier alpha value is -2.36. The second kappa shape index (κ2) is 7.65. The van der Waals surface area contributed by atoms with Gasteiger partial charge in [0.25, 0.3) is 0 Å².